The van der Waals surface area contributed by atoms with Crippen molar-refractivity contribution in [1.29, 1.82) is 0 Å². The number of halogens is 5. The molecule has 0 spiro atoms. The van der Waals surface area contributed by atoms with Gasteiger partial charge in [0.05, 0.1) is 17.9 Å². The predicted octanol–water partition coefficient (Wildman–Crippen LogP) is 3.18. The molecule has 0 N–H and O–H groups in total. The van der Waals surface area contributed by atoms with E-state index >= 15 is 0 Å². The van der Waals surface area contributed by atoms with Gasteiger partial charge in [-0.1, -0.05) is 0 Å². The molecule has 0 saturated heterocycles. The molecule has 108 valence electrons. The molecule has 0 radical (unpaired) electrons. The maximum atomic E-state index is 12.8. The van der Waals surface area contributed by atoms with Gasteiger partial charge >= 0.3 is 6.18 Å². The van der Waals surface area contributed by atoms with Crippen molar-refractivity contribution in [3.05, 3.63) is 0 Å². The summed E-state index contributed by atoms with van der Waals surface area (Å²) in [5, 5.41) is 0. The molecule has 0 aliphatic heterocycles. The molecule has 2 nitrogen and oxygen atoms in total. The third-order valence-electron chi connectivity index (χ3n) is 3.02. The molecule has 0 aromatic heterocycles. The largest absolute Gasteiger partial charge is 0.390 e. The average Bonchev–Trinajstić information content (AvgIpc) is 2.18. The van der Waals surface area contributed by atoms with Gasteiger partial charge in [0.2, 0.25) is 5.92 Å². The van der Waals surface area contributed by atoms with Crippen LogP contribution in [0.4, 0.5) is 22.0 Å². The minimum atomic E-state index is -4.51. The number of hydrogen-bond donors (Lipinski definition) is 0. The first kappa shape index (κ1) is 15.7. The second kappa shape index (κ2) is 5.30. The Balaban J connectivity index is 2.42. The summed E-state index contributed by atoms with van der Waals surface area (Å²) in [6.07, 6.45) is -6.54. The van der Waals surface area contributed by atoms with E-state index in [0.717, 1.165) is 0 Å². The molecule has 1 aliphatic carbocycles. The van der Waals surface area contributed by atoms with E-state index in [1.165, 1.54) is 0 Å². The highest BCUT2D eigenvalue weighted by molar-refractivity contribution is 7.91. The second-order valence-corrected chi connectivity index (χ2v) is 7.01. The fourth-order valence-electron chi connectivity index (χ4n) is 1.98. The fourth-order valence-corrected chi connectivity index (χ4v) is 3.74. The van der Waals surface area contributed by atoms with Crippen molar-refractivity contribution in [3.8, 4) is 0 Å². The molecule has 1 saturated carbocycles. The number of sulfone groups is 1. The molecule has 0 amide bonds. The Morgan fingerprint density at radius 1 is 1.11 bits per heavy atom. The monoisotopic (exact) mass is 294 g/mol. The van der Waals surface area contributed by atoms with Gasteiger partial charge in [-0.25, -0.2) is 17.2 Å². The van der Waals surface area contributed by atoms with E-state index in [-0.39, 0.29) is 25.7 Å². The molecule has 1 fully saturated rings. The Labute approximate surface area is 102 Å². The molecule has 0 atom stereocenters. The predicted molar refractivity (Wildman–Crippen MR) is 56.2 cm³/mol. The van der Waals surface area contributed by atoms with E-state index in [4.69, 9.17) is 0 Å². The van der Waals surface area contributed by atoms with Crippen LogP contribution in [0, 0.1) is 5.92 Å². The second-order valence-electron chi connectivity index (χ2n) is 4.78. The van der Waals surface area contributed by atoms with E-state index in [2.05, 4.69) is 0 Å². The van der Waals surface area contributed by atoms with Crippen LogP contribution in [-0.2, 0) is 9.84 Å². The molecule has 0 unspecified atom stereocenters. The Hall–Kier alpha value is -0.400. The van der Waals surface area contributed by atoms with Crippen molar-refractivity contribution in [2.75, 3.05) is 11.5 Å². The lowest BCUT2D eigenvalue weighted by Crippen LogP contribution is -2.29. The van der Waals surface area contributed by atoms with Crippen LogP contribution < -0.4 is 0 Å². The number of hydrogen-bond acceptors (Lipinski definition) is 2. The normalized spacial score (nSPS) is 22.1. The summed E-state index contributed by atoms with van der Waals surface area (Å²) in [6.45, 7) is 0. The van der Waals surface area contributed by atoms with Crippen LogP contribution in [0.5, 0.6) is 0 Å². The first-order valence-corrected chi connectivity index (χ1v) is 7.46. The van der Waals surface area contributed by atoms with Gasteiger partial charge < -0.3 is 0 Å². The van der Waals surface area contributed by atoms with Crippen molar-refractivity contribution in [1.82, 2.24) is 0 Å². The highest BCUT2D eigenvalue weighted by Crippen LogP contribution is 2.36. The Kier molecular flexibility index (Phi) is 4.61. The van der Waals surface area contributed by atoms with Crippen LogP contribution in [0.15, 0.2) is 0 Å². The van der Waals surface area contributed by atoms with E-state index < -0.39 is 45.8 Å². The fraction of sp³-hybridized carbons (Fsp3) is 1.00. The summed E-state index contributed by atoms with van der Waals surface area (Å²) in [5.74, 6) is -4.57. The first-order valence-electron chi connectivity index (χ1n) is 5.64. The smallest absolute Gasteiger partial charge is 0.229 e. The summed E-state index contributed by atoms with van der Waals surface area (Å²) in [7, 11) is -3.82. The molecule has 1 rings (SSSR count). The van der Waals surface area contributed by atoms with Gasteiger partial charge in [0.15, 0.2) is 9.84 Å². The van der Waals surface area contributed by atoms with Gasteiger partial charge in [0, 0.05) is 12.8 Å². The van der Waals surface area contributed by atoms with Crippen molar-refractivity contribution >= 4 is 9.84 Å². The lowest BCUT2D eigenvalue weighted by atomic mass is 9.88. The van der Waals surface area contributed by atoms with Crippen LogP contribution in [0.25, 0.3) is 0 Å². The van der Waals surface area contributed by atoms with Gasteiger partial charge in [-0.3, -0.25) is 0 Å². The van der Waals surface area contributed by atoms with Crippen molar-refractivity contribution in [2.45, 2.75) is 44.2 Å². The number of rotatable bonds is 4. The molecule has 1 aliphatic rings. The quantitative estimate of drug-likeness (QED) is 0.746. The molecule has 0 bridgehead atoms. The lowest BCUT2D eigenvalue weighted by Gasteiger charge is -2.27. The van der Waals surface area contributed by atoms with E-state index in [1.54, 1.807) is 0 Å². The zero-order valence-corrected chi connectivity index (χ0v) is 10.5. The van der Waals surface area contributed by atoms with Gasteiger partial charge in [0.1, 0.15) is 0 Å². The molecule has 18 heavy (non-hydrogen) atoms. The SMILES string of the molecule is O=S(=O)(CCC(F)(F)F)CC1CCC(F)(F)CC1. The van der Waals surface area contributed by atoms with Gasteiger partial charge in [-0.15, -0.1) is 0 Å². The molecule has 0 aromatic carbocycles. The standard InChI is InChI=1S/C10H15F5O2S/c11-9(12)3-1-8(2-4-9)7-18(16,17)6-5-10(13,14)15/h8H,1-7H2. The van der Waals surface area contributed by atoms with E-state index in [9.17, 15) is 30.4 Å². The summed E-state index contributed by atoms with van der Waals surface area (Å²) in [6, 6.07) is 0. The maximum absolute atomic E-state index is 12.8. The third kappa shape index (κ3) is 5.97. The topological polar surface area (TPSA) is 34.1 Å². The average molecular weight is 294 g/mol. The molecular formula is C10H15F5O2S. The van der Waals surface area contributed by atoms with Crippen LogP contribution >= 0.6 is 0 Å². The molecule has 8 heteroatoms. The zero-order chi connectivity index (χ0) is 14.0. The van der Waals surface area contributed by atoms with Crippen molar-refractivity contribution < 1.29 is 30.4 Å². The van der Waals surface area contributed by atoms with Crippen LogP contribution in [0.1, 0.15) is 32.1 Å². The molecule has 0 heterocycles. The zero-order valence-electron chi connectivity index (χ0n) is 9.64. The summed E-state index contributed by atoms with van der Waals surface area (Å²) in [4.78, 5) is 0. The van der Waals surface area contributed by atoms with Gasteiger partial charge in [0.25, 0.3) is 0 Å². The maximum Gasteiger partial charge on any atom is 0.390 e. The molecular weight excluding hydrogens is 279 g/mol. The highest BCUT2D eigenvalue weighted by atomic mass is 32.2. The molecule has 0 aromatic rings. The summed E-state index contributed by atoms with van der Waals surface area (Å²) in [5.41, 5.74) is 0. The van der Waals surface area contributed by atoms with Crippen LogP contribution in [0.3, 0.4) is 0 Å². The lowest BCUT2D eigenvalue weighted by molar-refractivity contribution is -0.129. The van der Waals surface area contributed by atoms with Gasteiger partial charge in [-0.2, -0.15) is 13.2 Å². The van der Waals surface area contributed by atoms with Crippen LogP contribution in [-0.4, -0.2) is 32.0 Å². The van der Waals surface area contributed by atoms with Crippen molar-refractivity contribution in [2.24, 2.45) is 5.92 Å². The van der Waals surface area contributed by atoms with Gasteiger partial charge in [-0.05, 0) is 18.8 Å². The third-order valence-corrected chi connectivity index (χ3v) is 4.83. The van der Waals surface area contributed by atoms with Crippen molar-refractivity contribution in [3.63, 3.8) is 0 Å². The first-order chi connectivity index (χ1) is 7.99. The minimum absolute atomic E-state index is 0.0538. The van der Waals surface area contributed by atoms with Crippen LogP contribution in [0.2, 0.25) is 0 Å². The summed E-state index contributed by atoms with van der Waals surface area (Å²) < 4.78 is 84.2. The van der Waals surface area contributed by atoms with E-state index in [0.29, 0.717) is 0 Å². The minimum Gasteiger partial charge on any atom is -0.229 e. The number of alkyl halides is 5. The Bertz CT molecular complexity index is 364. The van der Waals surface area contributed by atoms with E-state index in [1.807, 2.05) is 0 Å². The highest BCUT2D eigenvalue weighted by Gasteiger charge is 2.37. The Morgan fingerprint density at radius 3 is 2.06 bits per heavy atom. The Morgan fingerprint density at radius 2 is 1.61 bits per heavy atom. The summed E-state index contributed by atoms with van der Waals surface area (Å²) >= 11 is 0.